The molecule has 1 saturated heterocycles. The smallest absolute Gasteiger partial charge is 0.410 e. The summed E-state index contributed by atoms with van der Waals surface area (Å²) in [5.41, 5.74) is 0.479. The van der Waals surface area contributed by atoms with Gasteiger partial charge in [0, 0.05) is 25.7 Å². The third-order valence-corrected chi connectivity index (χ3v) is 5.16. The molecule has 1 atom stereocenters. The van der Waals surface area contributed by atoms with E-state index in [0.717, 1.165) is 31.5 Å². The van der Waals surface area contributed by atoms with Crippen LogP contribution in [0.5, 0.6) is 0 Å². The maximum absolute atomic E-state index is 12.6. The molecular weight excluding hydrogens is 358 g/mol. The lowest BCUT2D eigenvalue weighted by molar-refractivity contribution is 0.0229. The molecule has 1 aliphatic carbocycles. The second-order valence-corrected chi connectivity index (χ2v) is 8.58. The highest BCUT2D eigenvalue weighted by Crippen LogP contribution is 2.34. The highest BCUT2D eigenvalue weighted by Gasteiger charge is 2.41. The van der Waals surface area contributed by atoms with E-state index >= 15 is 0 Å². The standard InChI is InChI=1S/C21H31N3O4/c1-21(2,3)28-19(25)23-17-11-16(12-17)18-13-22-9-10-24(18)20(26)27-14-15-7-5-4-6-8-15/h4-8,16-18,22H,9-14H2,1-3H3,(H,23,25). The highest BCUT2D eigenvalue weighted by atomic mass is 16.6. The number of carbonyl (C=O) groups is 2. The first kappa shape index (κ1) is 20.5. The summed E-state index contributed by atoms with van der Waals surface area (Å²) in [4.78, 5) is 26.4. The van der Waals surface area contributed by atoms with Gasteiger partial charge in [-0.1, -0.05) is 30.3 Å². The molecule has 1 saturated carbocycles. The van der Waals surface area contributed by atoms with Crippen molar-refractivity contribution in [2.24, 2.45) is 5.92 Å². The number of carbonyl (C=O) groups excluding carboxylic acids is 2. The molecule has 1 heterocycles. The fourth-order valence-electron chi connectivity index (χ4n) is 3.74. The van der Waals surface area contributed by atoms with Gasteiger partial charge in [0.05, 0.1) is 6.04 Å². The fraction of sp³-hybridized carbons (Fsp3) is 0.619. The Morgan fingerprint density at radius 1 is 1.21 bits per heavy atom. The second kappa shape index (κ2) is 8.82. The summed E-state index contributed by atoms with van der Waals surface area (Å²) >= 11 is 0. The number of hydrogen-bond acceptors (Lipinski definition) is 5. The first-order chi connectivity index (χ1) is 13.3. The number of amides is 2. The number of benzene rings is 1. The lowest BCUT2D eigenvalue weighted by Crippen LogP contribution is -2.61. The molecule has 2 fully saturated rings. The van der Waals surface area contributed by atoms with Crippen LogP contribution in [0.3, 0.4) is 0 Å². The lowest BCUT2D eigenvalue weighted by Gasteiger charge is -2.46. The minimum atomic E-state index is -0.500. The van der Waals surface area contributed by atoms with Gasteiger partial charge in [-0.05, 0) is 45.1 Å². The molecule has 0 spiro atoms. The summed E-state index contributed by atoms with van der Waals surface area (Å²) < 4.78 is 10.8. The number of alkyl carbamates (subject to hydrolysis) is 1. The van der Waals surface area contributed by atoms with Crippen molar-refractivity contribution in [1.82, 2.24) is 15.5 Å². The third kappa shape index (κ3) is 5.61. The van der Waals surface area contributed by atoms with Gasteiger partial charge in [-0.2, -0.15) is 0 Å². The van der Waals surface area contributed by atoms with Gasteiger partial charge < -0.3 is 25.0 Å². The second-order valence-electron chi connectivity index (χ2n) is 8.58. The predicted octanol–water partition coefficient (Wildman–Crippen LogP) is 2.90. The molecular formula is C21H31N3O4. The Labute approximate surface area is 166 Å². The van der Waals surface area contributed by atoms with Crippen LogP contribution in [0.15, 0.2) is 30.3 Å². The van der Waals surface area contributed by atoms with Crippen molar-refractivity contribution >= 4 is 12.2 Å². The van der Waals surface area contributed by atoms with E-state index < -0.39 is 5.60 Å². The summed E-state index contributed by atoms with van der Waals surface area (Å²) in [5, 5.41) is 6.28. The third-order valence-electron chi connectivity index (χ3n) is 5.16. The monoisotopic (exact) mass is 389 g/mol. The van der Waals surface area contributed by atoms with E-state index in [1.807, 2.05) is 56.0 Å². The Morgan fingerprint density at radius 3 is 2.61 bits per heavy atom. The van der Waals surface area contributed by atoms with Gasteiger partial charge in [0.1, 0.15) is 12.2 Å². The summed E-state index contributed by atoms with van der Waals surface area (Å²) in [6, 6.07) is 9.89. The molecule has 0 radical (unpaired) electrons. The zero-order chi connectivity index (χ0) is 20.1. The van der Waals surface area contributed by atoms with Gasteiger partial charge in [-0.3, -0.25) is 0 Å². The molecule has 2 amide bonds. The maximum atomic E-state index is 12.6. The van der Waals surface area contributed by atoms with E-state index in [-0.39, 0.29) is 30.9 Å². The Balaban J connectivity index is 1.47. The molecule has 1 unspecified atom stereocenters. The molecule has 7 heteroatoms. The van der Waals surface area contributed by atoms with Crippen molar-refractivity contribution in [2.75, 3.05) is 19.6 Å². The Hall–Kier alpha value is -2.28. The predicted molar refractivity (Wildman–Crippen MR) is 106 cm³/mol. The zero-order valence-corrected chi connectivity index (χ0v) is 16.9. The van der Waals surface area contributed by atoms with Gasteiger partial charge in [-0.25, -0.2) is 9.59 Å². The largest absolute Gasteiger partial charge is 0.445 e. The molecule has 0 aromatic heterocycles. The molecule has 2 N–H and O–H groups in total. The van der Waals surface area contributed by atoms with Gasteiger partial charge >= 0.3 is 12.2 Å². The van der Waals surface area contributed by atoms with Crippen molar-refractivity contribution in [3.05, 3.63) is 35.9 Å². The molecule has 1 aromatic carbocycles. The van der Waals surface area contributed by atoms with Gasteiger partial charge in [0.25, 0.3) is 0 Å². The fourth-order valence-corrected chi connectivity index (χ4v) is 3.74. The molecule has 2 aliphatic rings. The van der Waals surface area contributed by atoms with Gasteiger partial charge in [-0.15, -0.1) is 0 Å². The summed E-state index contributed by atoms with van der Waals surface area (Å²) in [7, 11) is 0. The van der Waals surface area contributed by atoms with Crippen LogP contribution in [0.2, 0.25) is 0 Å². The summed E-state index contributed by atoms with van der Waals surface area (Å²) in [6.07, 6.45) is 1.04. The SMILES string of the molecule is CC(C)(C)OC(=O)NC1CC(C2CNCCN2C(=O)OCc2ccccc2)C1. The quantitative estimate of drug-likeness (QED) is 0.828. The summed E-state index contributed by atoms with van der Waals surface area (Å²) in [6.45, 7) is 7.99. The van der Waals surface area contributed by atoms with E-state index in [2.05, 4.69) is 10.6 Å². The van der Waals surface area contributed by atoms with Crippen molar-refractivity contribution in [3.8, 4) is 0 Å². The molecule has 154 valence electrons. The van der Waals surface area contributed by atoms with Gasteiger partial charge in [0.15, 0.2) is 0 Å². The average Bonchev–Trinajstić information content (AvgIpc) is 2.62. The van der Waals surface area contributed by atoms with Crippen LogP contribution in [0.25, 0.3) is 0 Å². The van der Waals surface area contributed by atoms with E-state index in [4.69, 9.17) is 9.47 Å². The molecule has 0 bridgehead atoms. The van der Waals surface area contributed by atoms with E-state index in [0.29, 0.717) is 12.5 Å². The number of nitrogens with one attached hydrogen (secondary N) is 2. The van der Waals surface area contributed by atoms with Crippen LogP contribution in [0.1, 0.15) is 39.2 Å². The molecule has 28 heavy (non-hydrogen) atoms. The van der Waals surface area contributed by atoms with Crippen LogP contribution in [0, 0.1) is 5.92 Å². The average molecular weight is 389 g/mol. The van der Waals surface area contributed by atoms with Crippen LogP contribution in [-0.2, 0) is 16.1 Å². The van der Waals surface area contributed by atoms with Crippen molar-refractivity contribution in [3.63, 3.8) is 0 Å². The number of nitrogens with zero attached hydrogens (tertiary/aromatic N) is 1. The Bertz CT molecular complexity index is 668. The van der Waals surface area contributed by atoms with Crippen molar-refractivity contribution < 1.29 is 19.1 Å². The number of hydrogen-bond donors (Lipinski definition) is 2. The van der Waals surface area contributed by atoms with Gasteiger partial charge in [0.2, 0.25) is 0 Å². The van der Waals surface area contributed by atoms with E-state index in [1.54, 1.807) is 0 Å². The van der Waals surface area contributed by atoms with E-state index in [9.17, 15) is 9.59 Å². The van der Waals surface area contributed by atoms with Crippen molar-refractivity contribution in [1.29, 1.82) is 0 Å². The molecule has 1 aromatic rings. The molecule has 1 aliphatic heterocycles. The normalized spacial score (nSPS) is 24.8. The van der Waals surface area contributed by atoms with Crippen molar-refractivity contribution in [2.45, 2.75) is 57.9 Å². The molecule has 3 rings (SSSR count). The number of ether oxygens (including phenoxy) is 2. The number of piperazine rings is 1. The zero-order valence-electron chi connectivity index (χ0n) is 16.9. The van der Waals surface area contributed by atoms with E-state index in [1.165, 1.54) is 0 Å². The van der Waals surface area contributed by atoms with Crippen LogP contribution in [0.4, 0.5) is 9.59 Å². The number of rotatable bonds is 4. The highest BCUT2D eigenvalue weighted by molar-refractivity contribution is 5.69. The topological polar surface area (TPSA) is 79.9 Å². The summed E-state index contributed by atoms with van der Waals surface area (Å²) in [5.74, 6) is 0.344. The van der Waals surface area contributed by atoms with Crippen LogP contribution >= 0.6 is 0 Å². The van der Waals surface area contributed by atoms with Crippen LogP contribution in [-0.4, -0.2) is 54.4 Å². The first-order valence-electron chi connectivity index (χ1n) is 9.99. The Kier molecular flexibility index (Phi) is 6.44. The van der Waals surface area contributed by atoms with Crippen LogP contribution < -0.4 is 10.6 Å². The Morgan fingerprint density at radius 2 is 1.93 bits per heavy atom. The molecule has 7 nitrogen and oxygen atoms in total. The minimum Gasteiger partial charge on any atom is -0.445 e. The minimum absolute atomic E-state index is 0.0914. The lowest BCUT2D eigenvalue weighted by atomic mass is 9.74. The first-order valence-corrected chi connectivity index (χ1v) is 9.99. The maximum Gasteiger partial charge on any atom is 0.410 e.